The molecule has 0 aromatic heterocycles. The Hall–Kier alpha value is -2.24. The number of hydrogen-bond donors (Lipinski definition) is 2. The van der Waals surface area contributed by atoms with Crippen LogP contribution in [0, 0.1) is 0 Å². The zero-order valence-electron chi connectivity index (χ0n) is 10.0. The van der Waals surface area contributed by atoms with Gasteiger partial charge in [-0.1, -0.05) is 5.16 Å². The van der Waals surface area contributed by atoms with Gasteiger partial charge in [0.25, 0.3) is 0 Å². The number of carboxylic acids is 1. The van der Waals surface area contributed by atoms with Crippen molar-refractivity contribution >= 4 is 11.7 Å². The minimum absolute atomic E-state index is 0.144. The van der Waals surface area contributed by atoms with Gasteiger partial charge in [-0.05, 0) is 6.07 Å². The van der Waals surface area contributed by atoms with Crippen LogP contribution >= 0.6 is 0 Å². The molecule has 1 aliphatic rings. The molecule has 0 heterocycles. The molecule has 1 unspecified atom stereocenters. The van der Waals surface area contributed by atoms with E-state index in [9.17, 15) is 9.90 Å². The molecule has 1 atom stereocenters. The predicted molar refractivity (Wildman–Crippen MR) is 62.9 cm³/mol. The number of nitrogens with zero attached hydrogens (tertiary/aromatic N) is 1. The highest BCUT2D eigenvalue weighted by Gasteiger charge is 2.36. The Balaban J connectivity index is 2.67. The third-order valence-electron chi connectivity index (χ3n) is 3.05. The maximum Gasteiger partial charge on any atom is 0.311 e. The van der Waals surface area contributed by atoms with Crippen molar-refractivity contribution in [1.82, 2.24) is 0 Å². The SMILES string of the molecule is COc1cc(OC)c2c(c1)/C(=N\O)CC2C(=O)O. The molecule has 1 aromatic rings. The summed E-state index contributed by atoms with van der Waals surface area (Å²) in [7, 11) is 2.96. The second kappa shape index (κ2) is 4.56. The summed E-state index contributed by atoms with van der Waals surface area (Å²) in [6, 6.07) is 3.27. The van der Waals surface area contributed by atoms with Gasteiger partial charge in [0, 0.05) is 23.6 Å². The Morgan fingerprint density at radius 2 is 2.11 bits per heavy atom. The molecule has 0 radical (unpaired) electrons. The van der Waals surface area contributed by atoms with Crippen molar-refractivity contribution in [2.24, 2.45) is 5.16 Å². The number of hydrogen-bond acceptors (Lipinski definition) is 5. The van der Waals surface area contributed by atoms with Crippen molar-refractivity contribution in [2.45, 2.75) is 12.3 Å². The first-order valence-corrected chi connectivity index (χ1v) is 5.32. The van der Waals surface area contributed by atoms with E-state index in [0.29, 0.717) is 28.3 Å². The molecule has 0 amide bonds. The normalized spacial score (nSPS) is 19.7. The largest absolute Gasteiger partial charge is 0.497 e. The summed E-state index contributed by atoms with van der Waals surface area (Å²) in [6.07, 6.45) is 0.144. The van der Waals surface area contributed by atoms with E-state index < -0.39 is 11.9 Å². The van der Waals surface area contributed by atoms with Crippen LogP contribution in [0.1, 0.15) is 23.5 Å². The Bertz CT molecular complexity index is 523. The number of ether oxygens (including phenoxy) is 2. The van der Waals surface area contributed by atoms with Crippen LogP contribution in [0.15, 0.2) is 17.3 Å². The van der Waals surface area contributed by atoms with Gasteiger partial charge in [0.15, 0.2) is 0 Å². The molecule has 0 bridgehead atoms. The van der Waals surface area contributed by atoms with Gasteiger partial charge in [0.1, 0.15) is 11.5 Å². The third kappa shape index (κ3) is 1.75. The lowest BCUT2D eigenvalue weighted by Crippen LogP contribution is -2.09. The molecule has 0 aliphatic heterocycles. The molecular weight excluding hydrogens is 238 g/mol. The van der Waals surface area contributed by atoms with Crippen molar-refractivity contribution in [2.75, 3.05) is 14.2 Å². The van der Waals surface area contributed by atoms with Gasteiger partial charge in [-0.15, -0.1) is 0 Å². The average Bonchev–Trinajstić information content (AvgIpc) is 2.76. The molecule has 0 spiro atoms. The summed E-state index contributed by atoms with van der Waals surface area (Å²) in [4.78, 5) is 11.2. The molecule has 1 aliphatic carbocycles. The zero-order valence-corrected chi connectivity index (χ0v) is 10.0. The van der Waals surface area contributed by atoms with Gasteiger partial charge in [-0.3, -0.25) is 4.79 Å². The molecule has 2 N–H and O–H groups in total. The van der Waals surface area contributed by atoms with E-state index in [2.05, 4.69) is 5.16 Å². The van der Waals surface area contributed by atoms with Crippen LogP contribution in [0.25, 0.3) is 0 Å². The Kier molecular flexibility index (Phi) is 3.10. The Labute approximate surface area is 103 Å². The topological polar surface area (TPSA) is 88.4 Å². The molecule has 0 saturated heterocycles. The second-order valence-corrected chi connectivity index (χ2v) is 3.93. The Morgan fingerprint density at radius 3 is 2.61 bits per heavy atom. The molecule has 18 heavy (non-hydrogen) atoms. The van der Waals surface area contributed by atoms with Crippen molar-refractivity contribution in [3.05, 3.63) is 23.3 Å². The minimum Gasteiger partial charge on any atom is -0.497 e. The van der Waals surface area contributed by atoms with Crippen LogP contribution in [0.5, 0.6) is 11.5 Å². The van der Waals surface area contributed by atoms with E-state index in [4.69, 9.17) is 14.7 Å². The minimum atomic E-state index is -0.974. The van der Waals surface area contributed by atoms with E-state index in [1.165, 1.54) is 14.2 Å². The molecule has 1 aromatic carbocycles. The van der Waals surface area contributed by atoms with Gasteiger partial charge < -0.3 is 19.8 Å². The molecule has 0 fully saturated rings. The van der Waals surface area contributed by atoms with Gasteiger partial charge >= 0.3 is 5.97 Å². The second-order valence-electron chi connectivity index (χ2n) is 3.93. The molecule has 2 rings (SSSR count). The van der Waals surface area contributed by atoms with Crippen LogP contribution in [0.3, 0.4) is 0 Å². The fraction of sp³-hybridized carbons (Fsp3) is 0.333. The first kappa shape index (κ1) is 12.2. The third-order valence-corrected chi connectivity index (χ3v) is 3.05. The van der Waals surface area contributed by atoms with E-state index in [0.717, 1.165) is 0 Å². The van der Waals surface area contributed by atoms with Gasteiger partial charge in [0.2, 0.25) is 0 Å². The average molecular weight is 251 g/mol. The van der Waals surface area contributed by atoms with E-state index in [1.54, 1.807) is 12.1 Å². The lowest BCUT2D eigenvalue weighted by atomic mass is 10.0. The highest BCUT2D eigenvalue weighted by Crippen LogP contribution is 2.42. The fourth-order valence-electron chi connectivity index (χ4n) is 2.20. The number of carbonyl (C=O) groups is 1. The van der Waals surface area contributed by atoms with Gasteiger partial charge in [-0.2, -0.15) is 0 Å². The molecule has 6 heteroatoms. The summed E-state index contributed by atoms with van der Waals surface area (Å²) >= 11 is 0. The first-order chi connectivity index (χ1) is 8.62. The number of rotatable bonds is 3. The lowest BCUT2D eigenvalue weighted by molar-refractivity contribution is -0.138. The molecule has 96 valence electrons. The number of oxime groups is 1. The quantitative estimate of drug-likeness (QED) is 0.627. The number of benzene rings is 1. The van der Waals surface area contributed by atoms with Crippen molar-refractivity contribution in [3.8, 4) is 11.5 Å². The molecular formula is C12H13NO5. The summed E-state index contributed by atoms with van der Waals surface area (Å²) < 4.78 is 10.3. The summed E-state index contributed by atoms with van der Waals surface area (Å²) in [5.41, 5.74) is 1.41. The van der Waals surface area contributed by atoms with E-state index >= 15 is 0 Å². The highest BCUT2D eigenvalue weighted by molar-refractivity contribution is 6.09. The van der Waals surface area contributed by atoms with Crippen LogP contribution in [-0.4, -0.2) is 36.2 Å². The smallest absolute Gasteiger partial charge is 0.311 e. The summed E-state index contributed by atoms with van der Waals surface area (Å²) in [5.74, 6) is -0.779. The summed E-state index contributed by atoms with van der Waals surface area (Å²) in [5, 5.41) is 21.3. The summed E-state index contributed by atoms with van der Waals surface area (Å²) in [6.45, 7) is 0. The van der Waals surface area contributed by atoms with Crippen molar-refractivity contribution in [3.63, 3.8) is 0 Å². The monoisotopic (exact) mass is 251 g/mol. The molecule has 6 nitrogen and oxygen atoms in total. The fourth-order valence-corrected chi connectivity index (χ4v) is 2.20. The Morgan fingerprint density at radius 1 is 1.39 bits per heavy atom. The van der Waals surface area contributed by atoms with Gasteiger partial charge in [0.05, 0.1) is 25.8 Å². The highest BCUT2D eigenvalue weighted by atomic mass is 16.5. The van der Waals surface area contributed by atoms with Gasteiger partial charge in [-0.25, -0.2) is 0 Å². The van der Waals surface area contributed by atoms with Crippen LogP contribution < -0.4 is 9.47 Å². The predicted octanol–water partition coefficient (Wildman–Crippen LogP) is 1.45. The van der Waals surface area contributed by atoms with Crippen LogP contribution in [0.2, 0.25) is 0 Å². The van der Waals surface area contributed by atoms with Crippen LogP contribution in [0.4, 0.5) is 0 Å². The number of fused-ring (bicyclic) bond motifs is 1. The lowest BCUT2D eigenvalue weighted by Gasteiger charge is -2.12. The standard InChI is InChI=1S/C12H13NO5/c1-17-6-3-7-9(13-16)5-8(12(14)15)11(7)10(4-6)18-2/h3-4,8,16H,5H2,1-2H3,(H,14,15)/b13-9-. The number of methoxy groups -OCH3 is 2. The number of aliphatic carboxylic acids is 1. The van der Waals surface area contributed by atoms with E-state index in [-0.39, 0.29) is 6.42 Å². The van der Waals surface area contributed by atoms with E-state index in [1.807, 2.05) is 0 Å². The first-order valence-electron chi connectivity index (χ1n) is 5.32. The maximum atomic E-state index is 11.2. The van der Waals surface area contributed by atoms with Crippen molar-refractivity contribution < 1.29 is 24.6 Å². The van der Waals surface area contributed by atoms with Crippen LogP contribution in [-0.2, 0) is 4.79 Å². The molecule has 0 saturated carbocycles. The zero-order chi connectivity index (χ0) is 13.3. The maximum absolute atomic E-state index is 11.2. The van der Waals surface area contributed by atoms with Crippen molar-refractivity contribution in [1.29, 1.82) is 0 Å². The number of carboxylic acid groups (broad SMARTS) is 1.